The van der Waals surface area contributed by atoms with Crippen LogP contribution in [0.5, 0.6) is 5.75 Å². The van der Waals surface area contributed by atoms with Crippen molar-refractivity contribution in [2.24, 2.45) is 5.73 Å². The normalized spacial score (nSPS) is 18.5. The summed E-state index contributed by atoms with van der Waals surface area (Å²) in [4.78, 5) is 14.0. The lowest BCUT2D eigenvalue weighted by Gasteiger charge is -2.23. The molecule has 0 aliphatic heterocycles. The third kappa shape index (κ3) is 2.96. The number of carbonyl (C=O) groups is 1. The van der Waals surface area contributed by atoms with Gasteiger partial charge in [0.1, 0.15) is 5.75 Å². The molecule has 0 saturated heterocycles. The van der Waals surface area contributed by atoms with E-state index in [1.165, 1.54) is 11.1 Å². The first-order valence-electron chi connectivity index (χ1n) is 7.40. The second-order valence-corrected chi connectivity index (χ2v) is 5.28. The molecule has 1 amide bonds. The van der Waals surface area contributed by atoms with Crippen LogP contribution in [-0.2, 0) is 11.2 Å². The van der Waals surface area contributed by atoms with Crippen LogP contribution in [0.2, 0.25) is 0 Å². The predicted molar refractivity (Wildman–Crippen MR) is 79.7 cm³/mol. The first kappa shape index (κ1) is 14.9. The summed E-state index contributed by atoms with van der Waals surface area (Å²) in [6.45, 7) is 7.18. The number of likely N-dealkylation sites (N-methyl/N-ethyl adjacent to an activating group) is 1. The number of ether oxygens (including phenoxy) is 1. The monoisotopic (exact) mass is 276 g/mol. The minimum atomic E-state index is -0.456. The number of nitrogens with zero attached hydrogens (tertiary/aromatic N) is 1. The van der Waals surface area contributed by atoms with Gasteiger partial charge in [-0.3, -0.25) is 4.79 Å². The van der Waals surface area contributed by atoms with Crippen LogP contribution < -0.4 is 10.5 Å². The Hall–Kier alpha value is -1.55. The third-order valence-corrected chi connectivity index (χ3v) is 3.97. The number of hydrogen-bond donors (Lipinski definition) is 1. The van der Waals surface area contributed by atoms with Gasteiger partial charge < -0.3 is 15.4 Å². The minimum absolute atomic E-state index is 0.0344. The third-order valence-electron chi connectivity index (χ3n) is 3.97. The number of benzene rings is 1. The summed E-state index contributed by atoms with van der Waals surface area (Å²) in [6.07, 6.45) is 1.53. The lowest BCUT2D eigenvalue weighted by atomic mass is 10.1. The summed E-state index contributed by atoms with van der Waals surface area (Å²) in [6, 6.07) is 6.11. The zero-order valence-electron chi connectivity index (χ0n) is 12.6. The number of fused-ring (bicyclic) bond motifs is 1. The van der Waals surface area contributed by atoms with Crippen molar-refractivity contribution in [2.75, 3.05) is 13.1 Å². The van der Waals surface area contributed by atoms with E-state index >= 15 is 0 Å². The van der Waals surface area contributed by atoms with Crippen LogP contribution in [0.3, 0.4) is 0 Å². The van der Waals surface area contributed by atoms with Crippen LogP contribution in [0.15, 0.2) is 18.2 Å². The summed E-state index contributed by atoms with van der Waals surface area (Å²) in [7, 11) is 0. The van der Waals surface area contributed by atoms with Crippen LogP contribution in [0.25, 0.3) is 0 Å². The maximum absolute atomic E-state index is 12.2. The largest absolute Gasteiger partial charge is 0.481 e. The summed E-state index contributed by atoms with van der Waals surface area (Å²) >= 11 is 0. The van der Waals surface area contributed by atoms with Gasteiger partial charge >= 0.3 is 0 Å². The molecule has 0 bridgehead atoms. The molecule has 0 saturated carbocycles. The van der Waals surface area contributed by atoms with Crippen LogP contribution in [0, 0.1) is 0 Å². The van der Waals surface area contributed by atoms with Crippen LogP contribution in [0.1, 0.15) is 44.4 Å². The Balaban J connectivity index is 2.05. The van der Waals surface area contributed by atoms with E-state index < -0.39 is 6.10 Å². The number of aryl methyl sites for hydroxylation is 1. The first-order valence-corrected chi connectivity index (χ1v) is 7.40. The highest BCUT2D eigenvalue weighted by Crippen LogP contribution is 2.32. The van der Waals surface area contributed by atoms with Gasteiger partial charge in [-0.1, -0.05) is 6.07 Å². The Labute approximate surface area is 120 Å². The van der Waals surface area contributed by atoms with Gasteiger partial charge in [0.2, 0.25) is 0 Å². The average Bonchev–Trinajstić information content (AvgIpc) is 2.81. The van der Waals surface area contributed by atoms with Gasteiger partial charge in [-0.2, -0.15) is 0 Å². The van der Waals surface area contributed by atoms with Crippen molar-refractivity contribution in [1.82, 2.24) is 4.90 Å². The van der Waals surface area contributed by atoms with Gasteiger partial charge in [-0.25, -0.2) is 0 Å². The highest BCUT2D eigenvalue weighted by molar-refractivity contribution is 5.80. The molecular weight excluding hydrogens is 252 g/mol. The number of hydrogen-bond acceptors (Lipinski definition) is 3. The molecule has 1 aliphatic rings. The smallest absolute Gasteiger partial charge is 0.263 e. The first-order chi connectivity index (χ1) is 9.56. The van der Waals surface area contributed by atoms with Crippen molar-refractivity contribution >= 4 is 5.91 Å². The van der Waals surface area contributed by atoms with Crippen LogP contribution in [0.4, 0.5) is 0 Å². The molecule has 1 aromatic rings. The molecule has 4 nitrogen and oxygen atoms in total. The second kappa shape index (κ2) is 6.27. The summed E-state index contributed by atoms with van der Waals surface area (Å²) in [5, 5.41) is 0. The Morgan fingerprint density at radius 1 is 1.45 bits per heavy atom. The van der Waals surface area contributed by atoms with E-state index in [2.05, 4.69) is 0 Å². The van der Waals surface area contributed by atoms with Crippen LogP contribution in [-0.4, -0.2) is 30.0 Å². The van der Waals surface area contributed by atoms with Gasteiger partial charge in [-0.15, -0.1) is 0 Å². The maximum atomic E-state index is 12.2. The van der Waals surface area contributed by atoms with Gasteiger partial charge in [0.25, 0.3) is 5.91 Å². The van der Waals surface area contributed by atoms with E-state index in [1.54, 1.807) is 11.8 Å². The number of rotatable bonds is 5. The molecule has 0 aromatic heterocycles. The molecule has 0 spiro atoms. The highest BCUT2D eigenvalue weighted by Gasteiger charge is 2.22. The van der Waals surface area contributed by atoms with Crippen molar-refractivity contribution in [3.8, 4) is 5.75 Å². The van der Waals surface area contributed by atoms with Crippen molar-refractivity contribution in [1.29, 1.82) is 0 Å². The molecule has 1 unspecified atom stereocenters. The van der Waals surface area contributed by atoms with E-state index in [0.29, 0.717) is 13.1 Å². The molecule has 4 heteroatoms. The minimum Gasteiger partial charge on any atom is -0.481 e. The molecule has 1 aliphatic carbocycles. The Bertz CT molecular complexity index is 483. The number of carbonyl (C=O) groups excluding carboxylic acids is 1. The van der Waals surface area contributed by atoms with Crippen molar-refractivity contribution in [3.05, 3.63) is 29.3 Å². The van der Waals surface area contributed by atoms with Gasteiger partial charge in [0.15, 0.2) is 6.10 Å². The zero-order chi connectivity index (χ0) is 14.7. The molecule has 0 fully saturated rings. The zero-order valence-corrected chi connectivity index (χ0v) is 12.6. The lowest BCUT2D eigenvalue weighted by molar-refractivity contribution is -0.137. The van der Waals surface area contributed by atoms with Crippen molar-refractivity contribution < 1.29 is 9.53 Å². The number of amides is 1. The molecule has 0 heterocycles. The predicted octanol–water partition coefficient (Wildman–Crippen LogP) is 2.27. The lowest BCUT2D eigenvalue weighted by Crippen LogP contribution is -2.40. The van der Waals surface area contributed by atoms with Gasteiger partial charge in [-0.05, 0) is 56.9 Å². The average molecular weight is 276 g/mol. The highest BCUT2D eigenvalue weighted by atomic mass is 16.5. The standard InChI is InChI=1S/C16H24N2O2/c1-4-18(5-2)16(19)11(3)20-13-7-8-14-12(10-13)6-9-15(14)17/h7-8,10-11,15H,4-6,9,17H2,1-3H3/t11?,15-/m0/s1. The maximum Gasteiger partial charge on any atom is 0.263 e. The summed E-state index contributed by atoms with van der Waals surface area (Å²) < 4.78 is 5.79. The fraction of sp³-hybridized carbons (Fsp3) is 0.562. The number of nitrogens with two attached hydrogens (primary N) is 1. The SMILES string of the molecule is CCN(CC)C(=O)C(C)Oc1ccc2c(c1)CC[C@@H]2N. The van der Waals surface area contributed by atoms with E-state index in [1.807, 2.05) is 32.0 Å². The Morgan fingerprint density at radius 2 is 2.15 bits per heavy atom. The fourth-order valence-electron chi connectivity index (χ4n) is 2.75. The quantitative estimate of drug-likeness (QED) is 0.897. The van der Waals surface area contributed by atoms with E-state index in [4.69, 9.17) is 10.5 Å². The molecule has 2 N–H and O–H groups in total. The van der Waals surface area contributed by atoms with Crippen molar-refractivity contribution in [2.45, 2.75) is 45.8 Å². The van der Waals surface area contributed by atoms with Gasteiger partial charge in [0, 0.05) is 19.1 Å². The summed E-state index contributed by atoms with van der Waals surface area (Å²) in [5.74, 6) is 0.790. The van der Waals surface area contributed by atoms with Crippen LogP contribution >= 0.6 is 0 Å². The van der Waals surface area contributed by atoms with E-state index in [9.17, 15) is 4.79 Å². The van der Waals surface area contributed by atoms with Gasteiger partial charge in [0.05, 0.1) is 0 Å². The Kier molecular flexibility index (Phi) is 4.65. The second-order valence-electron chi connectivity index (χ2n) is 5.28. The summed E-state index contributed by atoms with van der Waals surface area (Å²) in [5.41, 5.74) is 8.48. The molecule has 0 radical (unpaired) electrons. The Morgan fingerprint density at radius 3 is 2.80 bits per heavy atom. The van der Waals surface area contributed by atoms with E-state index in [0.717, 1.165) is 18.6 Å². The topological polar surface area (TPSA) is 55.6 Å². The molecule has 2 atom stereocenters. The molecule has 2 rings (SSSR count). The molecule has 1 aromatic carbocycles. The van der Waals surface area contributed by atoms with E-state index in [-0.39, 0.29) is 11.9 Å². The molecule has 110 valence electrons. The molecule has 20 heavy (non-hydrogen) atoms. The fourth-order valence-corrected chi connectivity index (χ4v) is 2.75. The molecular formula is C16H24N2O2. The van der Waals surface area contributed by atoms with Crippen molar-refractivity contribution in [3.63, 3.8) is 0 Å².